The molecule has 1 saturated heterocycles. The Balaban J connectivity index is 2.26. The smallest absolute Gasteiger partial charge is 0.326 e. The predicted octanol–water partition coefficient (Wildman–Crippen LogP) is 3.17. The monoisotopic (exact) mass is 737 g/mol. The predicted molar refractivity (Wildman–Crippen MR) is 198 cm³/mol. The Morgan fingerprint density at radius 2 is 1.65 bits per heavy atom. The van der Waals surface area contributed by atoms with E-state index in [0.717, 1.165) is 11.3 Å². The van der Waals surface area contributed by atoms with E-state index in [1.54, 1.807) is 30.8 Å². The number of nitrogens with zero attached hydrogens (tertiary/aromatic N) is 2. The Bertz CT molecular complexity index is 1280. The minimum atomic E-state index is -1.12. The Kier molecular flexibility index (Phi) is 18.0. The van der Waals surface area contributed by atoms with Crippen molar-refractivity contribution in [3.8, 4) is 0 Å². The van der Waals surface area contributed by atoms with Crippen molar-refractivity contribution in [1.82, 2.24) is 25.8 Å². The highest BCUT2D eigenvalue weighted by Gasteiger charge is 2.43. The van der Waals surface area contributed by atoms with Crippen LogP contribution in [0.3, 0.4) is 0 Å². The van der Waals surface area contributed by atoms with Gasteiger partial charge < -0.3 is 40.3 Å². The number of likely N-dealkylation sites (tertiary alicyclic amines) is 1. The van der Waals surface area contributed by atoms with Crippen LogP contribution in [0.25, 0.3) is 0 Å². The topological polar surface area (TPSA) is 167 Å². The van der Waals surface area contributed by atoms with Crippen molar-refractivity contribution in [2.75, 3.05) is 34.9 Å². The zero-order chi connectivity index (χ0) is 38.6. The van der Waals surface area contributed by atoms with Crippen LogP contribution >= 0.6 is 11.3 Å². The van der Waals surface area contributed by atoms with Crippen molar-refractivity contribution in [2.24, 2.45) is 23.7 Å². The third-order valence-corrected chi connectivity index (χ3v) is 11.2. The van der Waals surface area contributed by atoms with Gasteiger partial charge in [-0.15, -0.1) is 11.3 Å². The molecule has 14 heteroatoms. The van der Waals surface area contributed by atoms with Gasteiger partial charge >= 0.3 is 5.97 Å². The van der Waals surface area contributed by atoms with E-state index in [1.807, 2.05) is 59.1 Å². The molecule has 2 heterocycles. The molecule has 1 aliphatic heterocycles. The quantitative estimate of drug-likeness (QED) is 0.148. The van der Waals surface area contributed by atoms with Gasteiger partial charge in [-0.05, 0) is 49.1 Å². The molecule has 290 valence electrons. The number of carboxylic acid groups (broad SMARTS) is 1. The van der Waals surface area contributed by atoms with Crippen LogP contribution in [-0.2, 0) is 39.9 Å². The Hall–Kier alpha value is -3.07. The zero-order valence-electron chi connectivity index (χ0n) is 32.4. The first-order valence-electron chi connectivity index (χ1n) is 18.2. The van der Waals surface area contributed by atoms with Crippen LogP contribution < -0.4 is 16.0 Å². The number of hydrogen-bond donors (Lipinski definition) is 4. The number of aliphatic carboxylic acids is 1. The molecule has 9 atom stereocenters. The Morgan fingerprint density at radius 3 is 2.14 bits per heavy atom. The number of thiophene rings is 1. The molecule has 3 unspecified atom stereocenters. The molecule has 1 fully saturated rings. The average molecular weight is 738 g/mol. The highest BCUT2D eigenvalue weighted by Crippen LogP contribution is 2.30. The normalized spacial score (nSPS) is 19.5. The highest BCUT2D eigenvalue weighted by atomic mass is 32.1. The van der Waals surface area contributed by atoms with Gasteiger partial charge in [0.2, 0.25) is 23.6 Å². The fourth-order valence-electron chi connectivity index (χ4n) is 7.18. The molecule has 0 aliphatic carbocycles. The van der Waals surface area contributed by atoms with Gasteiger partial charge in [-0.2, -0.15) is 0 Å². The maximum absolute atomic E-state index is 14.1. The van der Waals surface area contributed by atoms with E-state index in [0.29, 0.717) is 19.4 Å². The molecule has 51 heavy (non-hydrogen) atoms. The summed E-state index contributed by atoms with van der Waals surface area (Å²) in [4.78, 5) is 71.0. The Morgan fingerprint density at radius 1 is 1.00 bits per heavy atom. The van der Waals surface area contributed by atoms with Gasteiger partial charge in [0, 0.05) is 39.1 Å². The third kappa shape index (κ3) is 11.7. The summed E-state index contributed by atoms with van der Waals surface area (Å²) >= 11 is 1.43. The van der Waals surface area contributed by atoms with Crippen LogP contribution in [0.15, 0.2) is 17.5 Å². The van der Waals surface area contributed by atoms with Crippen LogP contribution in [0, 0.1) is 23.7 Å². The second kappa shape index (κ2) is 20.8. The molecule has 0 radical (unpaired) electrons. The van der Waals surface area contributed by atoms with Crippen molar-refractivity contribution in [1.29, 1.82) is 0 Å². The standard InChI is InChI=1S/C37H63N5O8S/c1-12-23(6)32(41(9)36(46)31(22(4)5)40-35(45)30(38-8)21(2)3)28(49-10)20-29(43)42-17-13-16-27(42)33(50-11)24(7)34(44)39-26(37(47)48)19-25-15-14-18-51-25/h14-15,18,21-24,26-28,30-33,38H,12-13,16-17,19-20H2,1-11H3,(H,39,44)(H,40,45)(H,47,48)/t23-,24+,26-,27-,28?,30?,31-,32?,33+/m0/s1. The van der Waals surface area contributed by atoms with Gasteiger partial charge in [0.05, 0.1) is 42.7 Å². The number of rotatable bonds is 21. The maximum Gasteiger partial charge on any atom is 0.326 e. The second-order valence-electron chi connectivity index (χ2n) is 14.5. The molecular weight excluding hydrogens is 675 g/mol. The largest absolute Gasteiger partial charge is 0.480 e. The SMILES string of the molecule is CC[C@H](C)C(C(CC(=O)N1CCC[C@H]1[C@H](OC)[C@@H](C)C(=O)N[C@@H](Cc1cccs1)C(=O)O)OC)N(C)C(=O)[C@@H](NC(=O)C(NC)C(C)C)C(C)C. The molecular formula is C37H63N5O8S. The first kappa shape index (κ1) is 44.1. The number of likely N-dealkylation sites (N-methyl/N-ethyl adjacent to an activating group) is 2. The van der Waals surface area contributed by atoms with Gasteiger partial charge in [0.25, 0.3) is 0 Å². The van der Waals surface area contributed by atoms with Gasteiger partial charge in [0.1, 0.15) is 12.1 Å². The van der Waals surface area contributed by atoms with E-state index in [2.05, 4.69) is 16.0 Å². The van der Waals surface area contributed by atoms with Gasteiger partial charge in [-0.3, -0.25) is 19.2 Å². The summed E-state index contributed by atoms with van der Waals surface area (Å²) in [6.45, 7) is 13.9. The van der Waals surface area contributed by atoms with E-state index >= 15 is 0 Å². The van der Waals surface area contributed by atoms with E-state index in [4.69, 9.17) is 9.47 Å². The van der Waals surface area contributed by atoms with Gasteiger partial charge in [-0.25, -0.2) is 4.79 Å². The number of methoxy groups -OCH3 is 2. The second-order valence-corrected chi connectivity index (χ2v) is 15.5. The minimum absolute atomic E-state index is 0.00752. The molecule has 1 aromatic rings. The summed E-state index contributed by atoms with van der Waals surface area (Å²) in [6.07, 6.45) is 0.886. The van der Waals surface area contributed by atoms with Crippen LogP contribution in [0.2, 0.25) is 0 Å². The van der Waals surface area contributed by atoms with Crippen LogP contribution in [0.5, 0.6) is 0 Å². The zero-order valence-corrected chi connectivity index (χ0v) is 33.2. The van der Waals surface area contributed by atoms with E-state index in [1.165, 1.54) is 25.6 Å². The summed E-state index contributed by atoms with van der Waals surface area (Å²) in [6, 6.07) is 0.450. The van der Waals surface area contributed by atoms with Crippen LogP contribution in [0.4, 0.5) is 0 Å². The van der Waals surface area contributed by atoms with E-state index in [-0.39, 0.29) is 48.3 Å². The number of ether oxygens (including phenoxy) is 2. The summed E-state index contributed by atoms with van der Waals surface area (Å²) in [5.74, 6) is -3.22. The molecule has 4 amide bonds. The van der Waals surface area contributed by atoms with Crippen molar-refractivity contribution in [2.45, 2.75) is 123 Å². The lowest BCUT2D eigenvalue weighted by Crippen LogP contribution is -2.59. The number of carbonyl (C=O) groups is 5. The molecule has 13 nitrogen and oxygen atoms in total. The highest BCUT2D eigenvalue weighted by molar-refractivity contribution is 7.09. The fourth-order valence-corrected chi connectivity index (χ4v) is 7.93. The number of carboxylic acids is 1. The number of amides is 4. The summed E-state index contributed by atoms with van der Waals surface area (Å²) in [7, 11) is 6.46. The molecule has 0 spiro atoms. The molecule has 4 N–H and O–H groups in total. The van der Waals surface area contributed by atoms with Crippen molar-refractivity contribution in [3.63, 3.8) is 0 Å². The van der Waals surface area contributed by atoms with Crippen molar-refractivity contribution in [3.05, 3.63) is 22.4 Å². The van der Waals surface area contributed by atoms with E-state index < -0.39 is 60.2 Å². The lowest BCUT2D eigenvalue weighted by molar-refractivity contribution is -0.148. The molecule has 1 aliphatic rings. The third-order valence-electron chi connectivity index (χ3n) is 10.3. The molecule has 2 rings (SSSR count). The first-order chi connectivity index (χ1) is 24.0. The number of carbonyl (C=O) groups excluding carboxylic acids is 4. The average Bonchev–Trinajstić information content (AvgIpc) is 3.79. The Labute approximate surface area is 308 Å². The number of nitrogens with one attached hydrogen (secondary N) is 3. The van der Waals surface area contributed by atoms with Gasteiger partial charge in [0.15, 0.2) is 0 Å². The summed E-state index contributed by atoms with van der Waals surface area (Å²) in [5, 5.41) is 20.3. The summed E-state index contributed by atoms with van der Waals surface area (Å²) < 4.78 is 11.8. The lowest BCUT2D eigenvalue weighted by Gasteiger charge is -2.41. The van der Waals surface area contributed by atoms with E-state index in [9.17, 15) is 29.1 Å². The first-order valence-corrected chi connectivity index (χ1v) is 19.1. The fraction of sp³-hybridized carbons (Fsp3) is 0.757. The molecule has 0 bridgehead atoms. The number of hydrogen-bond acceptors (Lipinski definition) is 9. The van der Waals surface area contributed by atoms with Crippen LogP contribution in [-0.4, -0.2) is 122 Å². The summed E-state index contributed by atoms with van der Waals surface area (Å²) in [5.41, 5.74) is 0. The van der Waals surface area contributed by atoms with Gasteiger partial charge in [-0.1, -0.05) is 61.0 Å². The molecule has 0 saturated carbocycles. The van der Waals surface area contributed by atoms with Crippen molar-refractivity contribution < 1.29 is 38.6 Å². The molecule has 0 aromatic carbocycles. The molecule has 1 aromatic heterocycles. The lowest BCUT2D eigenvalue weighted by atomic mass is 9.89. The van der Waals surface area contributed by atoms with Crippen LogP contribution in [0.1, 0.15) is 79.0 Å². The minimum Gasteiger partial charge on any atom is -0.480 e. The maximum atomic E-state index is 14.1. The van der Waals surface area contributed by atoms with Crippen molar-refractivity contribution >= 4 is 40.9 Å².